The van der Waals surface area contributed by atoms with E-state index in [1.807, 2.05) is 31.2 Å². The molecule has 2 unspecified atom stereocenters. The van der Waals surface area contributed by atoms with Crippen molar-refractivity contribution in [2.24, 2.45) is 0 Å². The summed E-state index contributed by atoms with van der Waals surface area (Å²) in [6, 6.07) is 7.64. The van der Waals surface area contributed by atoms with Gasteiger partial charge in [0.2, 0.25) is 0 Å². The van der Waals surface area contributed by atoms with Gasteiger partial charge < -0.3 is 10.1 Å². The molecule has 1 aliphatic rings. The number of benzene rings is 1. The number of rotatable bonds is 2. The van der Waals surface area contributed by atoms with Gasteiger partial charge in [-0.05, 0) is 31.0 Å². The number of hydrogen-bond donors (Lipinski definition) is 1. The van der Waals surface area contributed by atoms with Crippen LogP contribution in [0.1, 0.15) is 24.9 Å². The minimum Gasteiger partial charge on any atom is -0.497 e. The number of methoxy groups -OCH3 is 1. The fraction of sp³-hybridized carbons (Fsp3) is 0.538. The zero-order valence-corrected chi connectivity index (χ0v) is 11.5. The lowest BCUT2D eigenvalue weighted by molar-refractivity contribution is 0.412. The molecule has 2 rings (SSSR count). The van der Waals surface area contributed by atoms with Gasteiger partial charge in [0.05, 0.1) is 18.6 Å². The fourth-order valence-corrected chi connectivity index (χ4v) is 3.90. The summed E-state index contributed by atoms with van der Waals surface area (Å²) in [6.07, 6.45) is 0.669. The van der Waals surface area contributed by atoms with E-state index in [-0.39, 0.29) is 23.6 Å². The SMILES string of the molecule is COc1cccc(C2CS(=O)(=O)CCC(C)N2)c1. The maximum Gasteiger partial charge on any atom is 0.152 e. The number of ether oxygens (including phenoxy) is 1. The molecule has 0 saturated carbocycles. The predicted molar refractivity (Wildman–Crippen MR) is 71.6 cm³/mol. The van der Waals surface area contributed by atoms with Gasteiger partial charge in [-0.1, -0.05) is 12.1 Å². The Morgan fingerprint density at radius 3 is 2.89 bits per heavy atom. The van der Waals surface area contributed by atoms with Crippen LogP contribution in [0, 0.1) is 0 Å². The van der Waals surface area contributed by atoms with Crippen molar-refractivity contribution in [1.29, 1.82) is 0 Å². The van der Waals surface area contributed by atoms with Gasteiger partial charge in [-0.25, -0.2) is 8.42 Å². The van der Waals surface area contributed by atoms with Crippen molar-refractivity contribution in [3.63, 3.8) is 0 Å². The van der Waals surface area contributed by atoms with Crippen molar-refractivity contribution < 1.29 is 13.2 Å². The first-order valence-corrected chi connectivity index (χ1v) is 7.93. The van der Waals surface area contributed by atoms with Crippen LogP contribution in [0.5, 0.6) is 5.75 Å². The van der Waals surface area contributed by atoms with Gasteiger partial charge in [-0.2, -0.15) is 0 Å². The first kappa shape index (κ1) is 13.4. The highest BCUT2D eigenvalue weighted by atomic mass is 32.2. The van der Waals surface area contributed by atoms with E-state index >= 15 is 0 Å². The lowest BCUT2D eigenvalue weighted by Crippen LogP contribution is -2.30. The summed E-state index contributed by atoms with van der Waals surface area (Å²) in [5.74, 6) is 1.18. The highest BCUT2D eigenvalue weighted by Crippen LogP contribution is 2.23. The molecule has 1 aliphatic heterocycles. The molecule has 0 aromatic heterocycles. The molecule has 5 heteroatoms. The fourth-order valence-electron chi connectivity index (χ4n) is 2.22. The molecular formula is C13H19NO3S. The van der Waals surface area contributed by atoms with Crippen LogP contribution in [0.2, 0.25) is 0 Å². The molecule has 18 heavy (non-hydrogen) atoms. The Kier molecular flexibility index (Phi) is 3.92. The van der Waals surface area contributed by atoms with Gasteiger partial charge in [-0.15, -0.1) is 0 Å². The summed E-state index contributed by atoms with van der Waals surface area (Å²) in [7, 11) is -1.36. The minimum atomic E-state index is -2.97. The summed E-state index contributed by atoms with van der Waals surface area (Å²) < 4.78 is 28.9. The molecule has 1 N–H and O–H groups in total. The Bertz CT molecular complexity index is 513. The Hall–Kier alpha value is -1.07. The third kappa shape index (κ3) is 3.23. The standard InChI is InChI=1S/C13H19NO3S/c1-10-6-7-18(15,16)9-13(14-10)11-4-3-5-12(8-11)17-2/h3-5,8,10,13-14H,6-7,9H2,1-2H3. The van der Waals surface area contributed by atoms with Gasteiger partial charge in [0.25, 0.3) is 0 Å². The monoisotopic (exact) mass is 269 g/mol. The van der Waals surface area contributed by atoms with Crippen LogP contribution >= 0.6 is 0 Å². The Balaban J connectivity index is 2.29. The number of nitrogens with one attached hydrogen (secondary N) is 1. The van der Waals surface area contributed by atoms with E-state index in [0.29, 0.717) is 6.42 Å². The van der Waals surface area contributed by atoms with E-state index in [9.17, 15) is 8.42 Å². The van der Waals surface area contributed by atoms with E-state index in [2.05, 4.69) is 5.32 Å². The van der Waals surface area contributed by atoms with Crippen molar-refractivity contribution >= 4 is 9.84 Å². The summed E-state index contributed by atoms with van der Waals surface area (Å²) >= 11 is 0. The third-order valence-electron chi connectivity index (χ3n) is 3.26. The first-order valence-electron chi connectivity index (χ1n) is 6.10. The van der Waals surface area contributed by atoms with Crippen LogP contribution in [-0.2, 0) is 9.84 Å². The molecule has 0 bridgehead atoms. The van der Waals surface area contributed by atoms with E-state index in [1.54, 1.807) is 7.11 Å². The topological polar surface area (TPSA) is 55.4 Å². The van der Waals surface area contributed by atoms with Crippen LogP contribution in [0.25, 0.3) is 0 Å². The van der Waals surface area contributed by atoms with Gasteiger partial charge in [-0.3, -0.25) is 0 Å². The normalized spacial score (nSPS) is 27.4. The van der Waals surface area contributed by atoms with Crippen LogP contribution in [0.4, 0.5) is 0 Å². The average Bonchev–Trinajstić information content (AvgIpc) is 2.48. The van der Waals surface area contributed by atoms with Crippen LogP contribution < -0.4 is 10.1 Å². The smallest absolute Gasteiger partial charge is 0.152 e. The molecule has 1 saturated heterocycles. The largest absolute Gasteiger partial charge is 0.497 e. The molecule has 100 valence electrons. The maximum absolute atomic E-state index is 11.9. The molecule has 0 amide bonds. The van der Waals surface area contributed by atoms with Gasteiger partial charge >= 0.3 is 0 Å². The molecule has 0 spiro atoms. The van der Waals surface area contributed by atoms with Crippen molar-refractivity contribution in [3.05, 3.63) is 29.8 Å². The molecule has 1 fully saturated rings. The lowest BCUT2D eigenvalue weighted by Gasteiger charge is -2.19. The first-order chi connectivity index (χ1) is 8.50. The lowest BCUT2D eigenvalue weighted by atomic mass is 10.1. The van der Waals surface area contributed by atoms with Gasteiger partial charge in [0, 0.05) is 12.1 Å². The molecule has 1 heterocycles. The highest BCUT2D eigenvalue weighted by Gasteiger charge is 2.26. The second-order valence-corrected chi connectivity index (χ2v) is 7.03. The van der Waals surface area contributed by atoms with Crippen molar-refractivity contribution in [2.75, 3.05) is 18.6 Å². The summed E-state index contributed by atoms with van der Waals surface area (Å²) in [6.45, 7) is 2.02. The molecule has 4 nitrogen and oxygen atoms in total. The number of hydrogen-bond acceptors (Lipinski definition) is 4. The van der Waals surface area contributed by atoms with Crippen LogP contribution in [0.3, 0.4) is 0 Å². The van der Waals surface area contributed by atoms with E-state index < -0.39 is 9.84 Å². The quantitative estimate of drug-likeness (QED) is 0.884. The van der Waals surface area contributed by atoms with Crippen LogP contribution in [0.15, 0.2) is 24.3 Å². The maximum atomic E-state index is 11.9. The third-order valence-corrected chi connectivity index (χ3v) is 4.96. The summed E-state index contributed by atoms with van der Waals surface area (Å²) in [5.41, 5.74) is 0.965. The minimum absolute atomic E-state index is 0.150. The average molecular weight is 269 g/mol. The van der Waals surface area contributed by atoms with Crippen LogP contribution in [-0.4, -0.2) is 33.1 Å². The molecule has 0 aliphatic carbocycles. The summed E-state index contributed by atoms with van der Waals surface area (Å²) in [5, 5.41) is 3.37. The zero-order chi connectivity index (χ0) is 13.2. The van der Waals surface area contributed by atoms with E-state index in [4.69, 9.17) is 4.74 Å². The molecule has 2 atom stereocenters. The van der Waals surface area contributed by atoms with E-state index in [0.717, 1.165) is 11.3 Å². The van der Waals surface area contributed by atoms with Crippen molar-refractivity contribution in [3.8, 4) is 5.75 Å². The van der Waals surface area contributed by atoms with Crippen molar-refractivity contribution in [1.82, 2.24) is 5.32 Å². The predicted octanol–water partition coefficient (Wildman–Crippen LogP) is 1.53. The van der Waals surface area contributed by atoms with E-state index in [1.165, 1.54) is 0 Å². The summed E-state index contributed by atoms with van der Waals surface area (Å²) in [4.78, 5) is 0. The second-order valence-electron chi connectivity index (χ2n) is 4.80. The number of sulfone groups is 1. The zero-order valence-electron chi connectivity index (χ0n) is 10.7. The molecule has 1 aromatic rings. The molecule has 0 radical (unpaired) electrons. The molecule has 1 aromatic carbocycles. The Labute approximate surface area is 108 Å². The Morgan fingerprint density at radius 2 is 2.17 bits per heavy atom. The molecular weight excluding hydrogens is 250 g/mol. The highest BCUT2D eigenvalue weighted by molar-refractivity contribution is 7.91. The Morgan fingerprint density at radius 1 is 1.39 bits per heavy atom. The second kappa shape index (κ2) is 5.28. The van der Waals surface area contributed by atoms with Gasteiger partial charge in [0.1, 0.15) is 5.75 Å². The van der Waals surface area contributed by atoms with Crippen molar-refractivity contribution in [2.45, 2.75) is 25.4 Å². The van der Waals surface area contributed by atoms with Gasteiger partial charge in [0.15, 0.2) is 9.84 Å².